The maximum absolute atomic E-state index is 13.0. The minimum absolute atomic E-state index is 0.202. The molecule has 1 aromatic heterocycles. The van der Waals surface area contributed by atoms with Crippen LogP contribution in [0.3, 0.4) is 0 Å². The summed E-state index contributed by atoms with van der Waals surface area (Å²) < 4.78 is 0. The molecule has 0 aliphatic heterocycles. The van der Waals surface area contributed by atoms with Crippen LogP contribution in [0.1, 0.15) is 79.1 Å². The number of aryl methyl sites for hydroxylation is 1. The van der Waals surface area contributed by atoms with Gasteiger partial charge >= 0.3 is 0 Å². The molecule has 0 spiro atoms. The quantitative estimate of drug-likeness (QED) is 0.415. The molecule has 0 bridgehead atoms. The summed E-state index contributed by atoms with van der Waals surface area (Å²) in [5.74, 6) is -0.533. The fourth-order valence-corrected chi connectivity index (χ4v) is 3.47. The Morgan fingerprint density at radius 3 is 2.14 bits per heavy atom. The summed E-state index contributed by atoms with van der Waals surface area (Å²) in [6.45, 7) is 13.9. The van der Waals surface area contributed by atoms with Gasteiger partial charge in [0.2, 0.25) is 0 Å². The molecule has 0 aliphatic carbocycles. The molecule has 0 radical (unpaired) electrons. The van der Waals surface area contributed by atoms with E-state index in [1.165, 1.54) is 0 Å². The van der Waals surface area contributed by atoms with Crippen molar-refractivity contribution in [3.63, 3.8) is 0 Å². The fraction of sp³-hybridized carbons (Fsp3) is 0.310. The maximum atomic E-state index is 13.0. The van der Waals surface area contributed by atoms with Crippen molar-refractivity contribution < 1.29 is 9.59 Å². The minimum Gasteiger partial charge on any atom is -0.321 e. The van der Waals surface area contributed by atoms with Crippen LogP contribution in [-0.2, 0) is 5.41 Å². The zero-order valence-electron chi connectivity index (χ0n) is 21.9. The van der Waals surface area contributed by atoms with E-state index in [0.717, 1.165) is 22.4 Å². The van der Waals surface area contributed by atoms with Crippen LogP contribution in [0.2, 0.25) is 0 Å². The van der Waals surface area contributed by atoms with Gasteiger partial charge in [-0.1, -0.05) is 32.9 Å². The first-order chi connectivity index (χ1) is 16.8. The van der Waals surface area contributed by atoms with Crippen LogP contribution < -0.4 is 16.2 Å². The molecule has 3 rings (SSSR count). The van der Waals surface area contributed by atoms with Crippen molar-refractivity contribution >= 4 is 17.5 Å². The van der Waals surface area contributed by atoms with Crippen LogP contribution in [-0.4, -0.2) is 22.3 Å². The van der Waals surface area contributed by atoms with Gasteiger partial charge < -0.3 is 5.32 Å². The lowest BCUT2D eigenvalue weighted by Crippen LogP contribution is -2.48. The Labute approximate surface area is 212 Å². The molecule has 2 amide bonds. The van der Waals surface area contributed by atoms with Crippen LogP contribution in [0.4, 0.5) is 5.69 Å². The van der Waals surface area contributed by atoms with Crippen molar-refractivity contribution in [3.05, 3.63) is 82.7 Å². The molecule has 7 heteroatoms. The average Bonchev–Trinajstić information content (AvgIpc) is 2.82. The number of aromatic nitrogens is 1. The fourth-order valence-electron chi connectivity index (χ4n) is 3.47. The van der Waals surface area contributed by atoms with E-state index >= 15 is 0 Å². The third kappa shape index (κ3) is 6.77. The number of amides is 2. The van der Waals surface area contributed by atoms with Crippen molar-refractivity contribution in [2.45, 2.75) is 59.4 Å². The lowest BCUT2D eigenvalue weighted by atomic mass is 9.85. The summed E-state index contributed by atoms with van der Waals surface area (Å²) in [5, 5.41) is 12.3. The van der Waals surface area contributed by atoms with E-state index in [4.69, 9.17) is 0 Å². The summed E-state index contributed by atoms with van der Waals surface area (Å²) in [5.41, 5.74) is 10.6. The zero-order chi connectivity index (χ0) is 26.7. The van der Waals surface area contributed by atoms with Gasteiger partial charge in [-0.2, -0.15) is 5.26 Å². The number of nitrogens with one attached hydrogen (secondary N) is 3. The highest BCUT2D eigenvalue weighted by Gasteiger charge is 2.18. The van der Waals surface area contributed by atoms with Gasteiger partial charge in [0.1, 0.15) is 0 Å². The molecule has 0 saturated carbocycles. The molecule has 36 heavy (non-hydrogen) atoms. The van der Waals surface area contributed by atoms with Crippen LogP contribution in [0.15, 0.2) is 54.7 Å². The maximum Gasteiger partial charge on any atom is 0.265 e. The normalized spacial score (nSPS) is 11.5. The number of hydrazine groups is 1. The van der Waals surface area contributed by atoms with Crippen LogP contribution >= 0.6 is 0 Å². The summed E-state index contributed by atoms with van der Waals surface area (Å²) in [7, 11) is 0. The summed E-state index contributed by atoms with van der Waals surface area (Å²) in [6.07, 6.45) is 1.61. The van der Waals surface area contributed by atoms with E-state index in [9.17, 15) is 14.9 Å². The number of anilines is 1. The van der Waals surface area contributed by atoms with Gasteiger partial charge in [0.25, 0.3) is 11.8 Å². The van der Waals surface area contributed by atoms with Gasteiger partial charge in [-0.15, -0.1) is 0 Å². The Kier molecular flexibility index (Phi) is 7.61. The zero-order valence-corrected chi connectivity index (χ0v) is 21.9. The molecular formula is C29H33N5O2. The number of hydrogen-bond acceptors (Lipinski definition) is 5. The molecular weight excluding hydrogens is 450 g/mol. The molecule has 3 N–H and O–H groups in total. The van der Waals surface area contributed by atoms with Gasteiger partial charge in [0, 0.05) is 27.9 Å². The smallest absolute Gasteiger partial charge is 0.265 e. The number of carbonyl (C=O) groups is 2. The lowest BCUT2D eigenvalue weighted by Gasteiger charge is -2.21. The first-order valence-electron chi connectivity index (χ1n) is 11.8. The molecule has 1 heterocycles. The summed E-state index contributed by atoms with van der Waals surface area (Å²) >= 11 is 0. The number of pyridine rings is 1. The van der Waals surface area contributed by atoms with Crippen LogP contribution in [0.25, 0.3) is 11.1 Å². The lowest BCUT2D eigenvalue weighted by molar-refractivity contribution is 0.0914. The number of hydrogen-bond donors (Lipinski definition) is 3. The molecule has 0 atom stereocenters. The predicted molar refractivity (Wildman–Crippen MR) is 143 cm³/mol. The standard InChI is InChI=1S/C29H33N5O2/c1-18-25(20-8-10-21(11-9-20)27(36)33-34-29(5,6)7)15-24(17-31-18)32-26(35)22-12-19(16-30)13-23(14-22)28(2,3)4/h8-15,17,34H,1-7H3,(H,32,35)(H,33,36). The van der Waals surface area contributed by atoms with Crippen molar-refractivity contribution in [2.75, 3.05) is 5.32 Å². The SMILES string of the molecule is Cc1ncc(NC(=O)c2cc(C#N)cc(C(C)(C)C)c2)cc1-c1ccc(C(=O)NNC(C)(C)C)cc1. The van der Waals surface area contributed by atoms with E-state index in [1.54, 1.807) is 24.4 Å². The highest BCUT2D eigenvalue weighted by molar-refractivity contribution is 6.05. The van der Waals surface area contributed by atoms with Gasteiger partial charge in [-0.25, -0.2) is 5.43 Å². The Hall–Kier alpha value is -4.02. The molecule has 2 aromatic carbocycles. The Morgan fingerprint density at radius 2 is 1.56 bits per heavy atom. The topological polar surface area (TPSA) is 107 Å². The summed E-state index contributed by atoms with van der Waals surface area (Å²) in [6, 6.07) is 16.4. The minimum atomic E-state index is -0.312. The van der Waals surface area contributed by atoms with E-state index in [0.29, 0.717) is 22.4 Å². The number of carbonyl (C=O) groups excluding carboxylic acids is 2. The second-order valence-corrected chi connectivity index (χ2v) is 10.9. The largest absolute Gasteiger partial charge is 0.321 e. The molecule has 3 aromatic rings. The molecule has 0 fully saturated rings. The van der Waals surface area contributed by atoms with Crippen molar-refractivity contribution in [1.29, 1.82) is 5.26 Å². The van der Waals surface area contributed by atoms with E-state index < -0.39 is 0 Å². The van der Waals surface area contributed by atoms with Crippen LogP contribution in [0, 0.1) is 18.3 Å². The first kappa shape index (κ1) is 26.6. The highest BCUT2D eigenvalue weighted by atomic mass is 16.2. The van der Waals surface area contributed by atoms with Crippen molar-refractivity contribution in [1.82, 2.24) is 15.8 Å². The predicted octanol–water partition coefficient (Wildman–Crippen LogP) is 5.51. The van der Waals surface area contributed by atoms with Crippen molar-refractivity contribution in [2.24, 2.45) is 0 Å². The molecule has 7 nitrogen and oxygen atoms in total. The van der Waals surface area contributed by atoms with Crippen molar-refractivity contribution in [3.8, 4) is 17.2 Å². The summed E-state index contributed by atoms with van der Waals surface area (Å²) in [4.78, 5) is 29.9. The molecule has 186 valence electrons. The Balaban J connectivity index is 1.82. The van der Waals surface area contributed by atoms with E-state index in [-0.39, 0.29) is 22.8 Å². The van der Waals surface area contributed by atoms with E-state index in [1.807, 2.05) is 78.8 Å². The number of nitrogens with zero attached hydrogens (tertiary/aromatic N) is 2. The number of rotatable bonds is 5. The molecule has 0 unspecified atom stereocenters. The number of benzene rings is 2. The monoisotopic (exact) mass is 483 g/mol. The highest BCUT2D eigenvalue weighted by Crippen LogP contribution is 2.27. The Bertz CT molecular complexity index is 1320. The first-order valence-corrected chi connectivity index (χ1v) is 11.8. The van der Waals surface area contributed by atoms with Gasteiger partial charge in [-0.3, -0.25) is 20.0 Å². The van der Waals surface area contributed by atoms with E-state index in [2.05, 4.69) is 27.2 Å². The van der Waals surface area contributed by atoms with Crippen LogP contribution in [0.5, 0.6) is 0 Å². The van der Waals surface area contributed by atoms with Gasteiger partial charge in [0.05, 0.1) is 23.5 Å². The molecule has 0 saturated heterocycles. The number of nitriles is 1. The Morgan fingerprint density at radius 1 is 0.889 bits per heavy atom. The second kappa shape index (κ2) is 10.3. The van der Waals surface area contributed by atoms with Gasteiger partial charge in [-0.05, 0) is 80.6 Å². The third-order valence-corrected chi connectivity index (χ3v) is 5.54. The second-order valence-electron chi connectivity index (χ2n) is 10.9. The average molecular weight is 484 g/mol. The third-order valence-electron chi connectivity index (χ3n) is 5.54. The van der Waals surface area contributed by atoms with Gasteiger partial charge in [0.15, 0.2) is 0 Å². The molecule has 0 aliphatic rings.